The number of aryl methyl sites for hydroxylation is 2. The van der Waals surface area contributed by atoms with E-state index in [0.29, 0.717) is 5.82 Å². The van der Waals surface area contributed by atoms with Crippen molar-refractivity contribution >= 4 is 0 Å². The van der Waals surface area contributed by atoms with Gasteiger partial charge in [-0.25, -0.2) is 4.98 Å². The zero-order chi connectivity index (χ0) is 9.26. The summed E-state index contributed by atoms with van der Waals surface area (Å²) in [6.07, 6.45) is 3.87. The number of rotatable bonds is 2. The Labute approximate surface area is 77.2 Å². The molecule has 0 fully saturated rings. The number of imidazole rings is 1. The summed E-state index contributed by atoms with van der Waals surface area (Å²) < 4.78 is 0. The number of hydrogen-bond donors (Lipinski definition) is 3. The molecule has 0 spiro atoms. The van der Waals surface area contributed by atoms with E-state index in [1.807, 2.05) is 0 Å². The highest BCUT2D eigenvalue weighted by molar-refractivity contribution is 5.18. The maximum absolute atomic E-state index is 9.46. The summed E-state index contributed by atoms with van der Waals surface area (Å²) in [5.74, 6) is 0.634. The largest absolute Gasteiger partial charge is 0.384 e. The van der Waals surface area contributed by atoms with Gasteiger partial charge in [0.2, 0.25) is 0 Å². The van der Waals surface area contributed by atoms with Crippen LogP contribution >= 0.6 is 0 Å². The minimum Gasteiger partial charge on any atom is -0.384 e. The van der Waals surface area contributed by atoms with Crippen LogP contribution in [0.3, 0.4) is 0 Å². The van der Waals surface area contributed by atoms with Gasteiger partial charge in [0.1, 0.15) is 11.9 Å². The number of H-pyrrole nitrogens is 1. The van der Waals surface area contributed by atoms with Crippen LogP contribution in [0.25, 0.3) is 0 Å². The van der Waals surface area contributed by atoms with Crippen LogP contribution in [-0.2, 0) is 12.8 Å². The Morgan fingerprint density at radius 3 is 2.92 bits per heavy atom. The van der Waals surface area contributed by atoms with Crippen molar-refractivity contribution in [3.63, 3.8) is 0 Å². The summed E-state index contributed by atoms with van der Waals surface area (Å²) in [5.41, 5.74) is 7.66. The Bertz CT molecular complexity index is 272. The Hall–Kier alpha value is -0.870. The quantitative estimate of drug-likeness (QED) is 0.613. The third-order valence-electron chi connectivity index (χ3n) is 2.51. The van der Waals surface area contributed by atoms with Crippen LogP contribution in [-0.4, -0.2) is 21.6 Å². The van der Waals surface area contributed by atoms with Gasteiger partial charge >= 0.3 is 0 Å². The Balaban J connectivity index is 2.25. The smallest absolute Gasteiger partial charge is 0.136 e. The van der Waals surface area contributed by atoms with E-state index in [4.69, 9.17) is 5.73 Å². The number of aliphatic hydroxyl groups excluding tert-OH is 1. The van der Waals surface area contributed by atoms with Crippen molar-refractivity contribution in [3.8, 4) is 0 Å². The second-order valence-electron chi connectivity index (χ2n) is 3.51. The van der Waals surface area contributed by atoms with Gasteiger partial charge in [0, 0.05) is 12.2 Å². The van der Waals surface area contributed by atoms with Crippen LogP contribution in [0.1, 0.15) is 36.2 Å². The summed E-state index contributed by atoms with van der Waals surface area (Å²) >= 11 is 0. The van der Waals surface area contributed by atoms with Crippen molar-refractivity contribution in [2.24, 2.45) is 5.73 Å². The summed E-state index contributed by atoms with van der Waals surface area (Å²) in [6, 6.07) is 0. The van der Waals surface area contributed by atoms with Gasteiger partial charge < -0.3 is 15.8 Å². The molecule has 13 heavy (non-hydrogen) atoms. The van der Waals surface area contributed by atoms with E-state index < -0.39 is 6.10 Å². The van der Waals surface area contributed by atoms with E-state index in [1.165, 1.54) is 18.5 Å². The van der Waals surface area contributed by atoms with Crippen LogP contribution in [0.4, 0.5) is 0 Å². The fourth-order valence-electron chi connectivity index (χ4n) is 1.74. The first kappa shape index (κ1) is 8.72. The number of nitrogens with one attached hydrogen (secondary N) is 1. The van der Waals surface area contributed by atoms with Gasteiger partial charge in [-0.15, -0.1) is 0 Å². The van der Waals surface area contributed by atoms with E-state index in [1.54, 1.807) is 0 Å². The van der Waals surface area contributed by atoms with Crippen molar-refractivity contribution in [2.45, 2.75) is 31.8 Å². The molecule has 4 nitrogen and oxygen atoms in total. The predicted octanol–water partition coefficient (Wildman–Crippen LogP) is 0.281. The highest BCUT2D eigenvalue weighted by atomic mass is 16.3. The molecule has 0 radical (unpaired) electrons. The van der Waals surface area contributed by atoms with Crippen LogP contribution in [0.2, 0.25) is 0 Å². The molecule has 4 heteroatoms. The molecule has 1 atom stereocenters. The fraction of sp³-hybridized carbons (Fsp3) is 0.667. The number of fused-ring (bicyclic) bond motifs is 1. The highest BCUT2D eigenvalue weighted by Crippen LogP contribution is 2.20. The second kappa shape index (κ2) is 3.47. The number of nitrogens with zero attached hydrogens (tertiary/aromatic N) is 1. The molecule has 0 bridgehead atoms. The molecular weight excluding hydrogens is 166 g/mol. The molecule has 1 aromatic heterocycles. The molecule has 1 aromatic rings. The molecule has 72 valence electrons. The lowest BCUT2D eigenvalue weighted by molar-refractivity contribution is 0.177. The lowest BCUT2D eigenvalue weighted by Gasteiger charge is -2.07. The maximum atomic E-state index is 9.46. The minimum absolute atomic E-state index is 0.229. The summed E-state index contributed by atoms with van der Waals surface area (Å²) in [5, 5.41) is 9.46. The average molecular weight is 181 g/mol. The summed E-state index contributed by atoms with van der Waals surface area (Å²) in [6.45, 7) is 0.229. The number of hydrogen-bond acceptors (Lipinski definition) is 3. The molecule has 1 heterocycles. The average Bonchev–Trinajstić information content (AvgIpc) is 2.59. The topological polar surface area (TPSA) is 74.9 Å². The van der Waals surface area contributed by atoms with Crippen molar-refractivity contribution < 1.29 is 5.11 Å². The molecule has 1 unspecified atom stereocenters. The predicted molar refractivity (Wildman–Crippen MR) is 49.2 cm³/mol. The van der Waals surface area contributed by atoms with Crippen LogP contribution in [0.15, 0.2) is 0 Å². The minimum atomic E-state index is -0.634. The van der Waals surface area contributed by atoms with Gasteiger partial charge in [0.25, 0.3) is 0 Å². The third-order valence-corrected chi connectivity index (χ3v) is 2.51. The van der Waals surface area contributed by atoms with Gasteiger partial charge in [-0.1, -0.05) is 0 Å². The van der Waals surface area contributed by atoms with Crippen molar-refractivity contribution in [1.82, 2.24) is 9.97 Å². The summed E-state index contributed by atoms with van der Waals surface area (Å²) in [7, 11) is 0. The maximum Gasteiger partial charge on any atom is 0.136 e. The number of nitrogens with two attached hydrogens (primary N) is 1. The molecule has 1 aliphatic carbocycles. The van der Waals surface area contributed by atoms with E-state index in [-0.39, 0.29) is 6.54 Å². The second-order valence-corrected chi connectivity index (χ2v) is 3.51. The zero-order valence-electron chi connectivity index (χ0n) is 7.58. The van der Waals surface area contributed by atoms with Gasteiger partial charge in [-0.3, -0.25) is 0 Å². The van der Waals surface area contributed by atoms with Crippen LogP contribution < -0.4 is 5.73 Å². The van der Waals surface area contributed by atoms with Crippen molar-refractivity contribution in [1.29, 1.82) is 0 Å². The lowest BCUT2D eigenvalue weighted by atomic mass is 10.0. The molecule has 4 N–H and O–H groups in total. The van der Waals surface area contributed by atoms with Gasteiger partial charge in [0.15, 0.2) is 0 Å². The van der Waals surface area contributed by atoms with E-state index in [9.17, 15) is 5.11 Å². The first-order chi connectivity index (χ1) is 6.31. The third kappa shape index (κ3) is 1.59. The van der Waals surface area contributed by atoms with Crippen molar-refractivity contribution in [2.75, 3.05) is 6.54 Å². The van der Waals surface area contributed by atoms with E-state index in [2.05, 4.69) is 9.97 Å². The van der Waals surface area contributed by atoms with E-state index >= 15 is 0 Å². The van der Waals surface area contributed by atoms with Gasteiger partial charge in [-0.2, -0.15) is 0 Å². The first-order valence-electron chi connectivity index (χ1n) is 4.77. The lowest BCUT2D eigenvalue weighted by Crippen LogP contribution is -2.12. The molecule has 0 amide bonds. The van der Waals surface area contributed by atoms with Gasteiger partial charge in [-0.05, 0) is 25.7 Å². The monoisotopic (exact) mass is 181 g/mol. The van der Waals surface area contributed by atoms with Gasteiger partial charge in [0.05, 0.1) is 5.69 Å². The van der Waals surface area contributed by atoms with Crippen LogP contribution in [0.5, 0.6) is 0 Å². The Kier molecular flexibility index (Phi) is 2.33. The zero-order valence-corrected chi connectivity index (χ0v) is 7.58. The van der Waals surface area contributed by atoms with Crippen LogP contribution in [0, 0.1) is 0 Å². The first-order valence-corrected chi connectivity index (χ1v) is 4.77. The number of aromatic amines is 1. The molecule has 0 aliphatic heterocycles. The molecular formula is C9H15N3O. The fourth-order valence-corrected chi connectivity index (χ4v) is 1.74. The van der Waals surface area contributed by atoms with Crippen molar-refractivity contribution in [3.05, 3.63) is 17.2 Å². The summed E-state index contributed by atoms with van der Waals surface area (Å²) in [4.78, 5) is 7.48. The Morgan fingerprint density at radius 1 is 1.46 bits per heavy atom. The van der Waals surface area contributed by atoms with E-state index in [0.717, 1.165) is 18.5 Å². The molecule has 2 rings (SSSR count). The number of aliphatic hydroxyl groups is 1. The Morgan fingerprint density at radius 2 is 2.23 bits per heavy atom. The normalized spacial score (nSPS) is 18.3. The molecule has 0 saturated heterocycles. The molecule has 0 aromatic carbocycles. The molecule has 0 saturated carbocycles. The molecule has 1 aliphatic rings. The number of aromatic nitrogens is 2. The SMILES string of the molecule is NCC(O)c1nc2c([nH]1)CCCC2. The highest BCUT2D eigenvalue weighted by Gasteiger charge is 2.17. The standard InChI is InChI=1S/C9H15N3O/c10-5-8(13)9-11-6-3-1-2-4-7(6)12-9/h8,13H,1-5,10H2,(H,11,12).